The molecule has 2 heterocycles. The molecule has 1 aromatic heterocycles. The third kappa shape index (κ3) is 6.55. The molecule has 0 radical (unpaired) electrons. The van der Waals surface area contributed by atoms with Gasteiger partial charge in [0.2, 0.25) is 0 Å². The number of nitrogen functional groups attached to an aromatic ring is 1. The Bertz CT molecular complexity index is 1190. The number of nitrogens with zero attached hydrogens (tertiary/aromatic N) is 3. The van der Waals surface area contributed by atoms with Crippen LogP contribution < -0.4 is 11.1 Å². The SMILES string of the molecule is C.Nc1nccc2cc(CNC(=O)c3cc(Cl)cc(CN4CCN(CC5CCCC5)CC4)c3)ccc12. The number of carbonyl (C=O) groups is 1. The molecule has 0 spiro atoms. The number of halogens is 1. The lowest BCUT2D eigenvalue weighted by Crippen LogP contribution is -2.47. The van der Waals surface area contributed by atoms with Crippen LogP contribution in [0.2, 0.25) is 5.02 Å². The minimum absolute atomic E-state index is 0. The Morgan fingerprint density at radius 3 is 2.53 bits per heavy atom. The normalized spacial score (nSPS) is 17.2. The first-order chi connectivity index (χ1) is 17.0. The highest BCUT2D eigenvalue weighted by atomic mass is 35.5. The second kappa shape index (κ2) is 12.0. The van der Waals surface area contributed by atoms with Gasteiger partial charge in [-0.25, -0.2) is 4.98 Å². The van der Waals surface area contributed by atoms with Gasteiger partial charge in [0.1, 0.15) is 5.82 Å². The van der Waals surface area contributed by atoms with E-state index in [1.165, 1.54) is 32.2 Å². The van der Waals surface area contributed by atoms with E-state index in [2.05, 4.69) is 20.1 Å². The molecule has 1 saturated carbocycles. The summed E-state index contributed by atoms with van der Waals surface area (Å²) in [6.07, 6.45) is 7.32. The quantitative estimate of drug-likeness (QED) is 0.451. The van der Waals surface area contributed by atoms with Crippen LogP contribution in [-0.2, 0) is 13.1 Å². The Balaban J connectivity index is 0.00000304. The van der Waals surface area contributed by atoms with Crippen LogP contribution in [0, 0.1) is 5.92 Å². The molecule has 5 rings (SSSR count). The molecule has 0 bridgehead atoms. The van der Waals surface area contributed by atoms with Crippen LogP contribution in [0.4, 0.5) is 5.82 Å². The summed E-state index contributed by atoms with van der Waals surface area (Å²) in [5.74, 6) is 1.30. The lowest BCUT2D eigenvalue weighted by molar-refractivity contribution is 0.0950. The monoisotopic (exact) mass is 507 g/mol. The summed E-state index contributed by atoms with van der Waals surface area (Å²) in [7, 11) is 0. The van der Waals surface area contributed by atoms with Crippen molar-refractivity contribution in [2.45, 2.75) is 46.2 Å². The number of pyridine rings is 1. The molecule has 1 aliphatic carbocycles. The summed E-state index contributed by atoms with van der Waals surface area (Å²) in [5.41, 5.74) is 8.63. The largest absolute Gasteiger partial charge is 0.383 e. The molecule has 3 N–H and O–H groups in total. The maximum atomic E-state index is 12.9. The highest BCUT2D eigenvalue weighted by Gasteiger charge is 2.22. The summed E-state index contributed by atoms with van der Waals surface area (Å²) in [6, 6.07) is 13.6. The molecule has 6 nitrogen and oxygen atoms in total. The molecule has 1 amide bonds. The first kappa shape index (κ1) is 26.4. The number of piperazine rings is 1. The van der Waals surface area contributed by atoms with E-state index in [1.54, 1.807) is 12.3 Å². The van der Waals surface area contributed by atoms with Gasteiger partial charge < -0.3 is 16.0 Å². The van der Waals surface area contributed by atoms with E-state index in [1.807, 2.05) is 36.4 Å². The summed E-state index contributed by atoms with van der Waals surface area (Å²) in [6.45, 7) is 6.87. The number of fused-ring (bicyclic) bond motifs is 1. The molecule has 2 aliphatic rings. The number of hydrogen-bond donors (Lipinski definition) is 2. The number of hydrogen-bond acceptors (Lipinski definition) is 5. The molecule has 36 heavy (non-hydrogen) atoms. The summed E-state index contributed by atoms with van der Waals surface area (Å²) < 4.78 is 0. The average molecular weight is 508 g/mol. The van der Waals surface area contributed by atoms with E-state index in [-0.39, 0.29) is 13.3 Å². The first-order valence-corrected chi connectivity index (χ1v) is 13.1. The van der Waals surface area contributed by atoms with Crippen molar-refractivity contribution in [2.75, 3.05) is 38.5 Å². The van der Waals surface area contributed by atoms with Crippen molar-refractivity contribution in [1.29, 1.82) is 0 Å². The smallest absolute Gasteiger partial charge is 0.251 e. The zero-order valence-electron chi connectivity index (χ0n) is 20.2. The van der Waals surface area contributed by atoms with Crippen molar-refractivity contribution in [3.8, 4) is 0 Å². The van der Waals surface area contributed by atoms with E-state index in [0.29, 0.717) is 22.9 Å². The van der Waals surface area contributed by atoms with Gasteiger partial charge in [-0.2, -0.15) is 0 Å². The van der Waals surface area contributed by atoms with Crippen molar-refractivity contribution in [2.24, 2.45) is 5.92 Å². The highest BCUT2D eigenvalue weighted by Crippen LogP contribution is 2.26. The predicted molar refractivity (Wildman–Crippen MR) is 149 cm³/mol. The average Bonchev–Trinajstić information content (AvgIpc) is 3.36. The number of rotatable bonds is 7. The molecule has 3 aromatic rings. The maximum Gasteiger partial charge on any atom is 0.251 e. The fraction of sp³-hybridized carbons (Fsp3) is 0.448. The van der Waals surface area contributed by atoms with Crippen LogP contribution in [0.3, 0.4) is 0 Å². The number of nitrogens with one attached hydrogen (secondary N) is 1. The number of aromatic nitrogens is 1. The van der Waals surface area contributed by atoms with Gasteiger partial charge >= 0.3 is 0 Å². The van der Waals surface area contributed by atoms with Gasteiger partial charge in [0.05, 0.1) is 0 Å². The number of amides is 1. The summed E-state index contributed by atoms with van der Waals surface area (Å²) >= 11 is 6.40. The minimum atomic E-state index is -0.121. The van der Waals surface area contributed by atoms with Crippen LogP contribution in [0.1, 0.15) is 54.6 Å². The van der Waals surface area contributed by atoms with Crippen LogP contribution in [-0.4, -0.2) is 53.4 Å². The summed E-state index contributed by atoms with van der Waals surface area (Å²) in [5, 5.41) is 5.56. The number of benzene rings is 2. The fourth-order valence-electron chi connectivity index (χ4n) is 5.46. The van der Waals surface area contributed by atoms with E-state index >= 15 is 0 Å². The van der Waals surface area contributed by atoms with E-state index < -0.39 is 0 Å². The van der Waals surface area contributed by atoms with Crippen molar-refractivity contribution in [3.05, 3.63) is 70.4 Å². The van der Waals surface area contributed by atoms with Gasteiger partial charge in [0.15, 0.2) is 0 Å². The van der Waals surface area contributed by atoms with E-state index in [9.17, 15) is 4.79 Å². The van der Waals surface area contributed by atoms with Crippen LogP contribution in [0.15, 0.2) is 48.7 Å². The molecule has 1 saturated heterocycles. The van der Waals surface area contributed by atoms with Crippen molar-refractivity contribution in [3.63, 3.8) is 0 Å². The van der Waals surface area contributed by atoms with Crippen molar-refractivity contribution >= 4 is 34.1 Å². The molecule has 7 heteroatoms. The topological polar surface area (TPSA) is 74.5 Å². The molecule has 192 valence electrons. The van der Waals surface area contributed by atoms with Gasteiger partial charge in [-0.15, -0.1) is 0 Å². The zero-order chi connectivity index (χ0) is 24.2. The van der Waals surface area contributed by atoms with Crippen LogP contribution in [0.5, 0.6) is 0 Å². The Kier molecular flexibility index (Phi) is 8.83. The molecular weight excluding hydrogens is 470 g/mol. The lowest BCUT2D eigenvalue weighted by atomic mass is 10.1. The third-order valence-corrected chi connectivity index (χ3v) is 7.61. The van der Waals surface area contributed by atoms with Gasteiger partial charge in [0, 0.05) is 68.0 Å². The Hall–Kier alpha value is -2.67. The number of anilines is 1. The van der Waals surface area contributed by atoms with Crippen LogP contribution in [0.25, 0.3) is 10.8 Å². The Labute approximate surface area is 219 Å². The van der Waals surface area contributed by atoms with Gasteiger partial charge in [0.25, 0.3) is 5.91 Å². The lowest BCUT2D eigenvalue weighted by Gasteiger charge is -2.36. The number of nitrogens with two attached hydrogens (primary N) is 1. The Morgan fingerprint density at radius 1 is 1.00 bits per heavy atom. The first-order valence-electron chi connectivity index (χ1n) is 12.7. The molecule has 2 fully saturated rings. The van der Waals surface area contributed by atoms with E-state index in [4.69, 9.17) is 17.3 Å². The molecule has 2 aromatic carbocycles. The van der Waals surface area contributed by atoms with Gasteiger partial charge in [-0.05, 0) is 65.6 Å². The molecule has 0 unspecified atom stereocenters. The Morgan fingerprint density at radius 2 is 1.75 bits per heavy atom. The molecular formula is C29H38ClN5O. The highest BCUT2D eigenvalue weighted by molar-refractivity contribution is 6.31. The summed E-state index contributed by atoms with van der Waals surface area (Å²) in [4.78, 5) is 22.1. The van der Waals surface area contributed by atoms with Crippen LogP contribution >= 0.6 is 11.6 Å². The zero-order valence-corrected chi connectivity index (χ0v) is 20.9. The standard InChI is InChI=1S/C28H34ClN5O.CH4/c29-25-15-22(19-34-11-9-33(10-12-34)18-20-3-1-2-4-20)14-24(16-25)28(35)32-17-21-5-6-26-23(13-21)7-8-31-27(26)30;/h5-8,13-16,20H,1-4,9-12,17-19H2,(H2,30,31)(H,32,35);1H4. The van der Waals surface area contributed by atoms with Gasteiger partial charge in [-0.3, -0.25) is 9.69 Å². The fourth-order valence-corrected chi connectivity index (χ4v) is 5.72. The van der Waals surface area contributed by atoms with E-state index in [0.717, 1.165) is 60.5 Å². The van der Waals surface area contributed by atoms with Gasteiger partial charge in [-0.1, -0.05) is 44.0 Å². The second-order valence-corrected chi connectivity index (χ2v) is 10.4. The maximum absolute atomic E-state index is 12.9. The second-order valence-electron chi connectivity index (χ2n) is 10.0. The predicted octanol–water partition coefficient (Wildman–Crippen LogP) is 5.34. The van der Waals surface area contributed by atoms with Crippen molar-refractivity contribution in [1.82, 2.24) is 20.1 Å². The van der Waals surface area contributed by atoms with Crippen molar-refractivity contribution < 1.29 is 4.79 Å². The molecule has 0 atom stereocenters. The minimum Gasteiger partial charge on any atom is -0.383 e. The third-order valence-electron chi connectivity index (χ3n) is 7.39. The number of carbonyl (C=O) groups excluding carboxylic acids is 1. The molecule has 1 aliphatic heterocycles.